The zero-order chi connectivity index (χ0) is 18.4. The molecule has 1 amide bonds. The minimum Gasteiger partial charge on any atom is -0.464 e. The maximum Gasteiger partial charge on any atom is 0.333 e. The normalized spacial score (nSPS) is 18.0. The summed E-state index contributed by atoms with van der Waals surface area (Å²) >= 11 is 0. The number of ether oxygens (including phenoxy) is 1. The number of esters is 1. The molecule has 0 spiro atoms. The second-order valence-corrected chi connectivity index (χ2v) is 6.36. The quantitative estimate of drug-likeness (QED) is 0.592. The van der Waals surface area contributed by atoms with Gasteiger partial charge in [0, 0.05) is 26.2 Å². The summed E-state index contributed by atoms with van der Waals surface area (Å²) in [5.41, 5.74) is 2.13. The molecule has 1 aliphatic rings. The van der Waals surface area contributed by atoms with Gasteiger partial charge in [-0.3, -0.25) is 9.69 Å². The monoisotopic (exact) mass is 352 g/mol. The van der Waals surface area contributed by atoms with Crippen LogP contribution in [-0.4, -0.2) is 47.4 Å². The topological polar surface area (TPSA) is 49.9 Å². The van der Waals surface area contributed by atoms with Crippen LogP contribution in [0.1, 0.15) is 18.1 Å². The van der Waals surface area contributed by atoms with E-state index in [4.69, 9.17) is 4.74 Å². The summed E-state index contributed by atoms with van der Waals surface area (Å²) < 4.78 is 5.19. The van der Waals surface area contributed by atoms with Crippen molar-refractivity contribution in [3.8, 4) is 0 Å². The molecule has 0 saturated carbocycles. The van der Waals surface area contributed by atoms with Crippen molar-refractivity contribution in [1.82, 2.24) is 9.80 Å². The number of carbonyl (C=O) groups is 2. The highest BCUT2D eigenvalue weighted by molar-refractivity contribution is 6.02. The zero-order valence-electron chi connectivity index (χ0n) is 15.0. The third kappa shape index (κ3) is 4.29. The lowest BCUT2D eigenvalue weighted by molar-refractivity contribution is -0.161. The first-order chi connectivity index (χ1) is 12.7. The van der Waals surface area contributed by atoms with E-state index in [0.717, 1.165) is 11.1 Å². The third-order valence-electron chi connectivity index (χ3n) is 4.52. The van der Waals surface area contributed by atoms with E-state index in [-0.39, 0.29) is 12.5 Å². The van der Waals surface area contributed by atoms with E-state index in [1.165, 1.54) is 0 Å². The van der Waals surface area contributed by atoms with Gasteiger partial charge in [-0.05, 0) is 18.1 Å². The van der Waals surface area contributed by atoms with Crippen molar-refractivity contribution in [1.29, 1.82) is 0 Å². The Bertz CT molecular complexity index is 733. The molecule has 1 atom stereocenters. The number of rotatable bonds is 6. The van der Waals surface area contributed by atoms with Crippen molar-refractivity contribution in [3.05, 3.63) is 71.8 Å². The predicted molar refractivity (Wildman–Crippen MR) is 99.1 cm³/mol. The van der Waals surface area contributed by atoms with Gasteiger partial charge in [-0.25, -0.2) is 4.79 Å². The number of carbonyl (C=O) groups excluding carboxylic acids is 2. The van der Waals surface area contributed by atoms with Crippen molar-refractivity contribution >= 4 is 11.9 Å². The molecular weight excluding hydrogens is 328 g/mol. The molecular formula is C21H24N2O3. The van der Waals surface area contributed by atoms with Crippen LogP contribution in [-0.2, 0) is 27.4 Å². The Kier molecular flexibility index (Phi) is 6.02. The lowest BCUT2D eigenvalue weighted by atomic mass is 10.1. The average Bonchev–Trinajstić information content (AvgIpc) is 2.66. The molecule has 0 radical (unpaired) electrons. The maximum absolute atomic E-state index is 13.0. The Hall–Kier alpha value is -2.66. The van der Waals surface area contributed by atoms with Crippen LogP contribution in [0, 0.1) is 0 Å². The molecule has 1 heterocycles. The molecule has 3 rings (SSSR count). The molecule has 1 saturated heterocycles. The fraction of sp³-hybridized carbons (Fsp3) is 0.333. The summed E-state index contributed by atoms with van der Waals surface area (Å²) in [6.45, 7) is 4.31. The molecule has 0 bridgehead atoms. The van der Waals surface area contributed by atoms with Gasteiger partial charge in [0.1, 0.15) is 0 Å². The molecule has 2 aromatic carbocycles. The Balaban J connectivity index is 1.77. The van der Waals surface area contributed by atoms with Gasteiger partial charge < -0.3 is 9.64 Å². The summed E-state index contributed by atoms with van der Waals surface area (Å²) in [6.07, 6.45) is 0. The van der Waals surface area contributed by atoms with Gasteiger partial charge in [-0.15, -0.1) is 0 Å². The van der Waals surface area contributed by atoms with Crippen molar-refractivity contribution in [2.75, 3.05) is 19.7 Å². The standard InChI is InChI=1S/C21H24N2O3/c1-2-26-21(25)19-20(24)23(16-18-11-7-4-8-12-18)14-13-22(19)15-17-9-5-3-6-10-17/h3-12,19H,2,13-16H2,1H3. The molecule has 0 aliphatic carbocycles. The summed E-state index contributed by atoms with van der Waals surface area (Å²) in [5, 5.41) is 0. The SMILES string of the molecule is CCOC(=O)C1C(=O)N(Cc2ccccc2)CCN1Cc1ccccc1. The van der Waals surface area contributed by atoms with Crippen molar-refractivity contribution in [3.63, 3.8) is 0 Å². The lowest BCUT2D eigenvalue weighted by Crippen LogP contribution is -2.59. The number of hydrogen-bond acceptors (Lipinski definition) is 4. The summed E-state index contributed by atoms with van der Waals surface area (Å²) in [5.74, 6) is -0.652. The molecule has 1 fully saturated rings. The summed E-state index contributed by atoms with van der Waals surface area (Å²) in [6, 6.07) is 18.8. The number of benzene rings is 2. The molecule has 0 N–H and O–H groups in total. The fourth-order valence-corrected chi connectivity index (χ4v) is 3.24. The van der Waals surface area contributed by atoms with Gasteiger partial charge in [0.25, 0.3) is 5.91 Å². The first-order valence-electron chi connectivity index (χ1n) is 8.96. The lowest BCUT2D eigenvalue weighted by Gasteiger charge is -2.39. The van der Waals surface area contributed by atoms with Crippen LogP contribution in [0.4, 0.5) is 0 Å². The molecule has 26 heavy (non-hydrogen) atoms. The molecule has 0 aromatic heterocycles. The van der Waals surface area contributed by atoms with Gasteiger partial charge in [0.15, 0.2) is 6.04 Å². The molecule has 1 aliphatic heterocycles. The van der Waals surface area contributed by atoms with Crippen LogP contribution >= 0.6 is 0 Å². The number of amides is 1. The minimum atomic E-state index is -0.882. The van der Waals surface area contributed by atoms with Crippen molar-refractivity contribution in [2.24, 2.45) is 0 Å². The van der Waals surface area contributed by atoms with Crippen LogP contribution < -0.4 is 0 Å². The molecule has 136 valence electrons. The van der Waals surface area contributed by atoms with Crippen LogP contribution in [0.3, 0.4) is 0 Å². The second kappa shape index (κ2) is 8.63. The maximum atomic E-state index is 13.0. The van der Waals surface area contributed by atoms with E-state index < -0.39 is 12.0 Å². The van der Waals surface area contributed by atoms with Crippen LogP contribution in [0.25, 0.3) is 0 Å². The van der Waals surface area contributed by atoms with Crippen molar-refractivity contribution in [2.45, 2.75) is 26.1 Å². The first kappa shape index (κ1) is 18.1. The van der Waals surface area contributed by atoms with Crippen molar-refractivity contribution < 1.29 is 14.3 Å². The van der Waals surface area contributed by atoms with Crippen LogP contribution in [0.15, 0.2) is 60.7 Å². The van der Waals surface area contributed by atoms with Gasteiger partial charge in [-0.1, -0.05) is 60.7 Å². The highest BCUT2D eigenvalue weighted by atomic mass is 16.5. The van der Waals surface area contributed by atoms with E-state index >= 15 is 0 Å². The Morgan fingerprint density at radius 1 is 0.962 bits per heavy atom. The Morgan fingerprint density at radius 2 is 1.54 bits per heavy atom. The molecule has 5 heteroatoms. The number of nitrogens with zero attached hydrogens (tertiary/aromatic N) is 2. The van der Waals surface area contributed by atoms with Gasteiger partial charge in [0.05, 0.1) is 6.61 Å². The van der Waals surface area contributed by atoms with E-state index in [1.807, 2.05) is 65.6 Å². The molecule has 2 aromatic rings. The number of hydrogen-bond donors (Lipinski definition) is 0. The van der Waals surface area contributed by atoms with Gasteiger partial charge >= 0.3 is 5.97 Å². The molecule has 5 nitrogen and oxygen atoms in total. The third-order valence-corrected chi connectivity index (χ3v) is 4.52. The highest BCUT2D eigenvalue weighted by Crippen LogP contribution is 2.19. The van der Waals surface area contributed by atoms with Crippen LogP contribution in [0.2, 0.25) is 0 Å². The summed E-state index contributed by atoms with van der Waals surface area (Å²) in [7, 11) is 0. The Labute approximate surface area is 154 Å². The fourth-order valence-electron chi connectivity index (χ4n) is 3.24. The second-order valence-electron chi connectivity index (χ2n) is 6.36. The Morgan fingerprint density at radius 3 is 2.12 bits per heavy atom. The number of piperazine rings is 1. The smallest absolute Gasteiger partial charge is 0.333 e. The van der Waals surface area contributed by atoms with E-state index in [0.29, 0.717) is 26.2 Å². The van der Waals surface area contributed by atoms with Gasteiger partial charge in [0.2, 0.25) is 0 Å². The summed E-state index contributed by atoms with van der Waals surface area (Å²) in [4.78, 5) is 29.2. The van der Waals surface area contributed by atoms with Crippen LogP contribution in [0.5, 0.6) is 0 Å². The highest BCUT2D eigenvalue weighted by Gasteiger charge is 2.40. The largest absolute Gasteiger partial charge is 0.464 e. The van der Waals surface area contributed by atoms with Gasteiger partial charge in [-0.2, -0.15) is 0 Å². The minimum absolute atomic E-state index is 0.186. The average molecular weight is 352 g/mol. The zero-order valence-corrected chi connectivity index (χ0v) is 15.0. The molecule has 1 unspecified atom stereocenters. The van der Waals surface area contributed by atoms with E-state index in [9.17, 15) is 9.59 Å². The first-order valence-corrected chi connectivity index (χ1v) is 8.96. The van der Waals surface area contributed by atoms with E-state index in [1.54, 1.807) is 11.8 Å². The van der Waals surface area contributed by atoms with E-state index in [2.05, 4.69) is 0 Å². The predicted octanol–water partition coefficient (Wildman–Crippen LogP) is 2.46.